The highest BCUT2D eigenvalue weighted by Crippen LogP contribution is 2.30. The van der Waals surface area contributed by atoms with Crippen molar-refractivity contribution in [2.24, 2.45) is 0 Å². The first-order valence-electron chi connectivity index (χ1n) is 13.9. The van der Waals surface area contributed by atoms with Crippen LogP contribution in [0.3, 0.4) is 0 Å². The van der Waals surface area contributed by atoms with Gasteiger partial charge in [0.2, 0.25) is 0 Å². The number of tetrazole rings is 1. The molecule has 0 spiro atoms. The van der Waals surface area contributed by atoms with Crippen LogP contribution in [-0.4, -0.2) is 45.8 Å². The van der Waals surface area contributed by atoms with Crippen LogP contribution in [0.25, 0.3) is 33.5 Å². The summed E-state index contributed by atoms with van der Waals surface area (Å²) in [6.07, 6.45) is 4.41. The van der Waals surface area contributed by atoms with Gasteiger partial charge in [0, 0.05) is 24.7 Å². The number of hydrogen-bond acceptors (Lipinski definition) is 6. The highest BCUT2D eigenvalue weighted by molar-refractivity contribution is 5.89. The smallest absolute Gasteiger partial charge is 0.336 e. The molecule has 10 heteroatoms. The molecule has 0 aliphatic rings. The van der Waals surface area contributed by atoms with E-state index in [0.717, 1.165) is 47.3 Å². The van der Waals surface area contributed by atoms with Crippen LogP contribution < -0.4 is 5.56 Å². The van der Waals surface area contributed by atoms with E-state index in [2.05, 4.69) is 51.8 Å². The predicted molar refractivity (Wildman–Crippen MR) is 159 cm³/mol. The number of aryl methyl sites for hydroxylation is 1. The lowest BCUT2D eigenvalue weighted by molar-refractivity contribution is 0.0695. The molecule has 3 aromatic heterocycles. The van der Waals surface area contributed by atoms with E-state index < -0.39 is 5.97 Å². The topological polar surface area (TPSA) is 132 Å². The van der Waals surface area contributed by atoms with Gasteiger partial charge in [-0.05, 0) is 51.2 Å². The molecule has 2 N–H and O–H groups in total. The Morgan fingerprint density at radius 2 is 1.69 bits per heavy atom. The van der Waals surface area contributed by atoms with Crippen LogP contribution >= 0.6 is 0 Å². The molecule has 210 valence electrons. The molecule has 3 heterocycles. The molecule has 0 amide bonds. The predicted octanol–water partition coefficient (Wildman–Crippen LogP) is 5.18. The fourth-order valence-corrected chi connectivity index (χ4v) is 5.28. The van der Waals surface area contributed by atoms with Gasteiger partial charge >= 0.3 is 5.97 Å². The molecule has 6 rings (SSSR count). The second-order valence-corrected chi connectivity index (χ2v) is 10.2. The number of aromatic amines is 1. The number of nitrogens with one attached hydrogen (secondary N) is 1. The SMILES string of the molecule is CCCCc1nc2ccn(Cc3ccccc3C(=O)O)c(=O)c2n1Cc1ccc(-c2ccccc2-c2nnn[nH]2)cc1. The summed E-state index contributed by atoms with van der Waals surface area (Å²) >= 11 is 0. The summed E-state index contributed by atoms with van der Waals surface area (Å²) in [4.78, 5) is 30.4. The molecular weight excluding hydrogens is 530 g/mol. The first kappa shape index (κ1) is 26.8. The van der Waals surface area contributed by atoms with Crippen molar-refractivity contribution in [3.05, 3.63) is 118 Å². The molecule has 0 saturated carbocycles. The quantitative estimate of drug-likeness (QED) is 0.236. The summed E-state index contributed by atoms with van der Waals surface area (Å²) in [7, 11) is 0. The van der Waals surface area contributed by atoms with Crippen molar-refractivity contribution in [2.75, 3.05) is 0 Å². The Bertz CT molecular complexity index is 1920. The van der Waals surface area contributed by atoms with Gasteiger partial charge in [-0.1, -0.05) is 80.1 Å². The van der Waals surface area contributed by atoms with Crippen LogP contribution in [0.1, 0.15) is 47.1 Å². The van der Waals surface area contributed by atoms with E-state index in [9.17, 15) is 14.7 Å². The van der Waals surface area contributed by atoms with Crippen LogP contribution in [0.4, 0.5) is 0 Å². The summed E-state index contributed by atoms with van der Waals surface area (Å²) in [5, 5.41) is 23.9. The summed E-state index contributed by atoms with van der Waals surface area (Å²) < 4.78 is 3.57. The number of aromatic nitrogens is 7. The average molecular weight is 560 g/mol. The molecule has 0 saturated heterocycles. The van der Waals surface area contributed by atoms with Gasteiger partial charge in [-0.3, -0.25) is 4.79 Å². The number of hydrogen-bond donors (Lipinski definition) is 2. The third-order valence-corrected chi connectivity index (χ3v) is 7.42. The zero-order valence-electron chi connectivity index (χ0n) is 23.1. The van der Waals surface area contributed by atoms with E-state index >= 15 is 0 Å². The minimum atomic E-state index is -1.02. The Morgan fingerprint density at radius 1 is 0.929 bits per heavy atom. The Labute approximate surface area is 241 Å². The standard InChI is InChI=1S/C32H29N7O3/c1-2-3-12-28-33-27-17-18-38(20-23-8-4-5-10-25(23)32(41)42)31(40)29(27)39(28)19-21-13-15-22(16-14-21)24-9-6-7-11-26(24)30-34-36-37-35-30/h4-11,13-18H,2-3,12,19-20H2,1H3,(H,41,42)(H,34,35,36,37). The maximum atomic E-state index is 13.8. The lowest BCUT2D eigenvalue weighted by Crippen LogP contribution is -2.23. The Balaban J connectivity index is 1.37. The number of H-pyrrole nitrogens is 1. The molecule has 42 heavy (non-hydrogen) atoms. The Kier molecular flexibility index (Phi) is 7.42. The van der Waals surface area contributed by atoms with Gasteiger partial charge in [-0.15, -0.1) is 5.10 Å². The number of rotatable bonds is 10. The molecule has 0 fully saturated rings. The molecule has 0 radical (unpaired) electrons. The van der Waals surface area contributed by atoms with Crippen LogP contribution in [0, 0.1) is 0 Å². The van der Waals surface area contributed by atoms with Gasteiger partial charge in [-0.25, -0.2) is 14.9 Å². The molecule has 0 bridgehead atoms. The van der Waals surface area contributed by atoms with E-state index in [0.29, 0.717) is 29.0 Å². The van der Waals surface area contributed by atoms with Gasteiger partial charge in [0.1, 0.15) is 11.3 Å². The molecule has 10 nitrogen and oxygen atoms in total. The van der Waals surface area contributed by atoms with Crippen molar-refractivity contribution in [3.8, 4) is 22.5 Å². The van der Waals surface area contributed by atoms with Crippen molar-refractivity contribution in [1.82, 2.24) is 34.7 Å². The number of carboxylic acid groups (broad SMARTS) is 1. The minimum Gasteiger partial charge on any atom is -0.478 e. The van der Waals surface area contributed by atoms with Gasteiger partial charge in [0.05, 0.1) is 17.6 Å². The van der Waals surface area contributed by atoms with Crippen molar-refractivity contribution in [1.29, 1.82) is 0 Å². The lowest BCUT2D eigenvalue weighted by Gasteiger charge is -2.12. The molecule has 3 aromatic carbocycles. The average Bonchev–Trinajstić information content (AvgIpc) is 3.67. The molecular formula is C32H29N7O3. The summed E-state index contributed by atoms with van der Waals surface area (Å²) in [6.45, 7) is 2.77. The number of benzene rings is 3. The summed E-state index contributed by atoms with van der Waals surface area (Å²) in [6, 6.07) is 24.8. The van der Waals surface area contributed by atoms with Gasteiger partial charge in [0.15, 0.2) is 5.82 Å². The van der Waals surface area contributed by atoms with Crippen LogP contribution in [0.15, 0.2) is 89.9 Å². The third-order valence-electron chi connectivity index (χ3n) is 7.42. The molecule has 6 aromatic rings. The fourth-order valence-electron chi connectivity index (χ4n) is 5.28. The van der Waals surface area contributed by atoms with E-state index in [1.54, 1.807) is 35.0 Å². The third kappa shape index (κ3) is 5.22. The van der Waals surface area contributed by atoms with E-state index in [1.807, 2.05) is 34.9 Å². The van der Waals surface area contributed by atoms with Crippen molar-refractivity contribution in [2.45, 2.75) is 39.3 Å². The highest BCUT2D eigenvalue weighted by Gasteiger charge is 2.18. The Hall–Kier alpha value is -5.38. The zero-order chi connectivity index (χ0) is 29.1. The first-order valence-corrected chi connectivity index (χ1v) is 13.9. The van der Waals surface area contributed by atoms with Crippen LogP contribution in [0.2, 0.25) is 0 Å². The second-order valence-electron chi connectivity index (χ2n) is 10.2. The molecule has 0 atom stereocenters. The Morgan fingerprint density at radius 3 is 2.43 bits per heavy atom. The minimum absolute atomic E-state index is 0.154. The number of carbonyl (C=O) groups is 1. The number of imidazole rings is 1. The van der Waals surface area contributed by atoms with Crippen molar-refractivity contribution < 1.29 is 9.90 Å². The number of fused-ring (bicyclic) bond motifs is 1. The maximum Gasteiger partial charge on any atom is 0.336 e. The van der Waals surface area contributed by atoms with E-state index in [1.165, 1.54) is 0 Å². The first-order chi connectivity index (χ1) is 20.5. The largest absolute Gasteiger partial charge is 0.478 e. The number of nitrogens with zero attached hydrogens (tertiary/aromatic N) is 6. The number of carboxylic acids is 1. The fraction of sp³-hybridized carbons (Fsp3) is 0.188. The molecule has 0 unspecified atom stereocenters. The second kappa shape index (κ2) is 11.6. The van der Waals surface area contributed by atoms with E-state index in [-0.39, 0.29) is 17.7 Å². The van der Waals surface area contributed by atoms with Crippen LogP contribution in [0.5, 0.6) is 0 Å². The highest BCUT2D eigenvalue weighted by atomic mass is 16.4. The van der Waals surface area contributed by atoms with Gasteiger partial charge < -0.3 is 14.2 Å². The van der Waals surface area contributed by atoms with Crippen LogP contribution in [-0.2, 0) is 19.5 Å². The lowest BCUT2D eigenvalue weighted by atomic mass is 9.98. The van der Waals surface area contributed by atoms with Crippen molar-refractivity contribution in [3.63, 3.8) is 0 Å². The maximum absolute atomic E-state index is 13.8. The van der Waals surface area contributed by atoms with Gasteiger partial charge in [-0.2, -0.15) is 0 Å². The molecule has 0 aliphatic heterocycles. The normalized spacial score (nSPS) is 11.3. The number of unbranched alkanes of at least 4 members (excludes halogenated alkanes) is 1. The number of pyridine rings is 1. The zero-order valence-corrected chi connectivity index (χ0v) is 23.1. The molecule has 0 aliphatic carbocycles. The van der Waals surface area contributed by atoms with E-state index in [4.69, 9.17) is 4.98 Å². The van der Waals surface area contributed by atoms with Gasteiger partial charge in [0.25, 0.3) is 5.56 Å². The summed E-state index contributed by atoms with van der Waals surface area (Å²) in [5.74, 6) is 0.442. The monoisotopic (exact) mass is 559 g/mol. The number of aromatic carboxylic acids is 1. The van der Waals surface area contributed by atoms with Crippen molar-refractivity contribution >= 4 is 17.0 Å². The summed E-state index contributed by atoms with van der Waals surface area (Å²) in [5.41, 5.74) is 5.67.